The molecule has 0 amide bonds. The number of aryl methyl sites for hydroxylation is 2. The quantitative estimate of drug-likeness (QED) is 0.725. The zero-order chi connectivity index (χ0) is 14.1. The molecule has 0 aliphatic rings. The van der Waals surface area contributed by atoms with Gasteiger partial charge in [-0.15, -0.1) is 11.3 Å². The molecule has 0 fully saturated rings. The van der Waals surface area contributed by atoms with Gasteiger partial charge >= 0.3 is 0 Å². The van der Waals surface area contributed by atoms with Crippen molar-refractivity contribution in [2.75, 3.05) is 7.05 Å². The molecule has 2 heteroatoms. The summed E-state index contributed by atoms with van der Waals surface area (Å²) >= 11 is 1.83. The molecule has 0 aliphatic carbocycles. The smallest absolute Gasteiger partial charge is 0.0679 e. The molecule has 3 rings (SSSR count). The summed E-state index contributed by atoms with van der Waals surface area (Å²) in [6.07, 6.45) is 0. The highest BCUT2D eigenvalue weighted by molar-refractivity contribution is 7.10. The molecule has 1 nitrogen and oxygen atoms in total. The number of thiophene rings is 1. The molecule has 2 aromatic carbocycles. The molecule has 0 spiro atoms. The Morgan fingerprint density at radius 3 is 2.45 bits per heavy atom. The maximum Gasteiger partial charge on any atom is 0.0679 e. The Bertz CT molecular complexity index is 742. The van der Waals surface area contributed by atoms with Gasteiger partial charge in [0.25, 0.3) is 0 Å². The van der Waals surface area contributed by atoms with Crippen molar-refractivity contribution in [3.8, 4) is 0 Å². The maximum atomic E-state index is 3.50. The van der Waals surface area contributed by atoms with Crippen LogP contribution >= 0.6 is 11.3 Å². The summed E-state index contributed by atoms with van der Waals surface area (Å²) in [5.41, 5.74) is 4.11. The van der Waals surface area contributed by atoms with Gasteiger partial charge in [0.05, 0.1) is 6.04 Å². The molecule has 102 valence electrons. The number of benzene rings is 2. The SMILES string of the molecule is CNC(c1sccc1C)c1c(C)ccc2ccccc12. The van der Waals surface area contributed by atoms with Crippen LogP contribution in [-0.4, -0.2) is 7.05 Å². The number of rotatable bonds is 3. The van der Waals surface area contributed by atoms with Gasteiger partial charge in [-0.2, -0.15) is 0 Å². The number of hydrogen-bond acceptors (Lipinski definition) is 2. The van der Waals surface area contributed by atoms with Gasteiger partial charge in [0.2, 0.25) is 0 Å². The van der Waals surface area contributed by atoms with E-state index in [2.05, 4.69) is 67.0 Å². The monoisotopic (exact) mass is 281 g/mol. The molecule has 0 saturated carbocycles. The van der Waals surface area contributed by atoms with Gasteiger partial charge in [-0.1, -0.05) is 36.4 Å². The first-order valence-electron chi connectivity index (χ1n) is 6.92. The van der Waals surface area contributed by atoms with Gasteiger partial charge in [-0.3, -0.25) is 0 Å². The summed E-state index contributed by atoms with van der Waals surface area (Å²) in [5, 5.41) is 8.34. The molecule has 1 aromatic heterocycles. The number of hydrogen-bond donors (Lipinski definition) is 1. The Hall–Kier alpha value is -1.64. The molecule has 3 aromatic rings. The number of nitrogens with one attached hydrogen (secondary N) is 1. The van der Waals surface area contributed by atoms with Gasteiger partial charge in [-0.05, 0) is 59.8 Å². The minimum atomic E-state index is 0.265. The van der Waals surface area contributed by atoms with E-state index in [0.29, 0.717) is 0 Å². The topological polar surface area (TPSA) is 12.0 Å². The highest BCUT2D eigenvalue weighted by Gasteiger charge is 2.19. The lowest BCUT2D eigenvalue weighted by Gasteiger charge is -2.21. The van der Waals surface area contributed by atoms with E-state index in [1.165, 1.54) is 32.3 Å². The molecule has 1 N–H and O–H groups in total. The first-order valence-corrected chi connectivity index (χ1v) is 7.80. The van der Waals surface area contributed by atoms with Crippen LogP contribution in [0.15, 0.2) is 47.8 Å². The average molecular weight is 281 g/mol. The predicted molar refractivity (Wildman–Crippen MR) is 88.6 cm³/mol. The molecular weight excluding hydrogens is 262 g/mol. The van der Waals surface area contributed by atoms with Crippen LogP contribution in [-0.2, 0) is 0 Å². The lowest BCUT2D eigenvalue weighted by Crippen LogP contribution is -2.18. The molecule has 1 atom stereocenters. The van der Waals surface area contributed by atoms with Crippen LogP contribution < -0.4 is 5.32 Å². The summed E-state index contributed by atoms with van der Waals surface area (Å²) < 4.78 is 0. The molecule has 20 heavy (non-hydrogen) atoms. The normalized spacial score (nSPS) is 12.8. The van der Waals surface area contributed by atoms with E-state index < -0.39 is 0 Å². The molecule has 1 heterocycles. The Morgan fingerprint density at radius 2 is 1.75 bits per heavy atom. The van der Waals surface area contributed by atoms with Crippen LogP contribution in [0.25, 0.3) is 10.8 Å². The zero-order valence-electron chi connectivity index (χ0n) is 12.1. The van der Waals surface area contributed by atoms with Crippen molar-refractivity contribution in [1.82, 2.24) is 5.32 Å². The lowest BCUT2D eigenvalue weighted by molar-refractivity contribution is 0.701. The second-order valence-corrected chi connectivity index (χ2v) is 6.15. The van der Waals surface area contributed by atoms with E-state index in [1.54, 1.807) is 0 Å². The average Bonchev–Trinajstić information content (AvgIpc) is 2.88. The van der Waals surface area contributed by atoms with E-state index in [1.807, 2.05) is 18.4 Å². The van der Waals surface area contributed by atoms with E-state index in [-0.39, 0.29) is 6.04 Å². The summed E-state index contributed by atoms with van der Waals surface area (Å²) in [6.45, 7) is 4.39. The Labute approximate surface area is 124 Å². The highest BCUT2D eigenvalue weighted by atomic mass is 32.1. The number of fused-ring (bicyclic) bond motifs is 1. The third kappa shape index (κ3) is 2.15. The fourth-order valence-corrected chi connectivity index (χ4v) is 3.92. The maximum absolute atomic E-state index is 3.50. The minimum Gasteiger partial charge on any atom is -0.309 e. The summed E-state index contributed by atoms with van der Waals surface area (Å²) in [5.74, 6) is 0. The fourth-order valence-electron chi connectivity index (χ4n) is 2.87. The van der Waals surface area contributed by atoms with Crippen molar-refractivity contribution in [3.63, 3.8) is 0 Å². The standard InChI is InChI=1S/C18H19NS/c1-12-8-9-14-6-4-5-7-15(14)16(12)17(19-3)18-13(2)10-11-20-18/h4-11,17,19H,1-3H3. The van der Waals surface area contributed by atoms with E-state index in [0.717, 1.165) is 0 Å². The Balaban J connectivity index is 2.27. The minimum absolute atomic E-state index is 0.265. The van der Waals surface area contributed by atoms with E-state index in [4.69, 9.17) is 0 Å². The van der Waals surface area contributed by atoms with Gasteiger partial charge in [0, 0.05) is 4.88 Å². The lowest BCUT2D eigenvalue weighted by atomic mass is 9.92. The molecule has 0 aliphatic heterocycles. The van der Waals surface area contributed by atoms with Crippen molar-refractivity contribution in [2.24, 2.45) is 0 Å². The van der Waals surface area contributed by atoms with Gasteiger partial charge in [-0.25, -0.2) is 0 Å². The first-order chi connectivity index (χ1) is 9.72. The molecule has 0 bridgehead atoms. The third-order valence-electron chi connectivity index (χ3n) is 3.93. The zero-order valence-corrected chi connectivity index (χ0v) is 12.9. The third-order valence-corrected chi connectivity index (χ3v) is 5.01. The van der Waals surface area contributed by atoms with Crippen LogP contribution in [0.3, 0.4) is 0 Å². The van der Waals surface area contributed by atoms with E-state index in [9.17, 15) is 0 Å². The summed E-state index contributed by atoms with van der Waals surface area (Å²) in [7, 11) is 2.05. The molecule has 1 unspecified atom stereocenters. The van der Waals surface area contributed by atoms with Gasteiger partial charge < -0.3 is 5.32 Å². The van der Waals surface area contributed by atoms with Crippen LogP contribution in [0.5, 0.6) is 0 Å². The van der Waals surface area contributed by atoms with Crippen molar-refractivity contribution in [3.05, 3.63) is 69.4 Å². The summed E-state index contributed by atoms with van der Waals surface area (Å²) in [4.78, 5) is 1.41. The van der Waals surface area contributed by atoms with Crippen LogP contribution in [0.1, 0.15) is 27.6 Å². The fraction of sp³-hybridized carbons (Fsp3) is 0.222. The highest BCUT2D eigenvalue weighted by Crippen LogP contribution is 2.35. The summed E-state index contributed by atoms with van der Waals surface area (Å²) in [6, 6.07) is 15.5. The predicted octanol–water partition coefficient (Wildman–Crippen LogP) is 4.83. The molecule has 0 saturated heterocycles. The molecule has 0 radical (unpaired) electrons. The Morgan fingerprint density at radius 1 is 0.950 bits per heavy atom. The Kier molecular flexibility index (Phi) is 3.60. The van der Waals surface area contributed by atoms with Crippen molar-refractivity contribution in [1.29, 1.82) is 0 Å². The van der Waals surface area contributed by atoms with E-state index >= 15 is 0 Å². The first kappa shape index (κ1) is 13.3. The van der Waals surface area contributed by atoms with Gasteiger partial charge in [0.15, 0.2) is 0 Å². The van der Waals surface area contributed by atoms with Gasteiger partial charge in [0.1, 0.15) is 0 Å². The second kappa shape index (κ2) is 5.39. The second-order valence-electron chi connectivity index (χ2n) is 5.21. The van der Waals surface area contributed by atoms with Crippen molar-refractivity contribution in [2.45, 2.75) is 19.9 Å². The van der Waals surface area contributed by atoms with Crippen LogP contribution in [0.2, 0.25) is 0 Å². The van der Waals surface area contributed by atoms with Crippen molar-refractivity contribution >= 4 is 22.1 Å². The van der Waals surface area contributed by atoms with Crippen LogP contribution in [0.4, 0.5) is 0 Å². The largest absolute Gasteiger partial charge is 0.309 e. The van der Waals surface area contributed by atoms with Crippen LogP contribution in [0, 0.1) is 13.8 Å². The molecular formula is C18H19NS. The van der Waals surface area contributed by atoms with Crippen molar-refractivity contribution < 1.29 is 0 Å².